The average Bonchev–Trinajstić information content (AvgIpc) is 2.80. The summed E-state index contributed by atoms with van der Waals surface area (Å²) in [5.74, 6) is -1.61. The van der Waals surface area contributed by atoms with Crippen LogP contribution in [0.4, 0.5) is 4.79 Å². The standard InChI is InChI=1S/C17H21NO6/c1-17(2,3)24-16(22)18-12(9-13(19)14(18)20)15(21)23-10-11-7-5-4-6-8-11/h4-8,12-13,19H,9-10H2,1-3H3/t12-,13-/m1/s1. The van der Waals surface area contributed by atoms with E-state index in [9.17, 15) is 19.5 Å². The van der Waals surface area contributed by atoms with Gasteiger partial charge in [0.1, 0.15) is 24.4 Å². The first-order chi connectivity index (χ1) is 11.2. The van der Waals surface area contributed by atoms with E-state index in [1.165, 1.54) is 0 Å². The minimum atomic E-state index is -1.42. The van der Waals surface area contributed by atoms with Crippen molar-refractivity contribution in [3.8, 4) is 0 Å². The SMILES string of the molecule is CC(C)(C)OC(=O)N1C(=O)[C@H](O)C[C@@H]1C(=O)OCc1ccccc1. The molecule has 1 aromatic carbocycles. The molecule has 1 aromatic rings. The van der Waals surface area contributed by atoms with Crippen molar-refractivity contribution in [1.82, 2.24) is 4.90 Å². The molecule has 0 aliphatic carbocycles. The van der Waals surface area contributed by atoms with Crippen molar-refractivity contribution < 1.29 is 29.0 Å². The molecule has 2 atom stereocenters. The van der Waals surface area contributed by atoms with E-state index >= 15 is 0 Å². The van der Waals surface area contributed by atoms with E-state index in [2.05, 4.69) is 0 Å². The second-order valence-electron chi connectivity index (χ2n) is 6.55. The summed E-state index contributed by atoms with van der Waals surface area (Å²) >= 11 is 0. The highest BCUT2D eigenvalue weighted by molar-refractivity contribution is 6.01. The Bertz CT molecular complexity index is 622. The lowest BCUT2D eigenvalue weighted by Gasteiger charge is -2.26. The first-order valence-electron chi connectivity index (χ1n) is 7.64. The van der Waals surface area contributed by atoms with Crippen LogP contribution in [-0.4, -0.2) is 45.7 Å². The minimum absolute atomic E-state index is 0.0165. The van der Waals surface area contributed by atoms with Crippen LogP contribution < -0.4 is 0 Å². The molecular weight excluding hydrogens is 314 g/mol. The van der Waals surface area contributed by atoms with Gasteiger partial charge < -0.3 is 14.6 Å². The van der Waals surface area contributed by atoms with Crippen molar-refractivity contribution in [3.63, 3.8) is 0 Å². The Hall–Kier alpha value is -2.41. The number of hydrogen-bond acceptors (Lipinski definition) is 6. The summed E-state index contributed by atoms with van der Waals surface area (Å²) in [4.78, 5) is 37.1. The van der Waals surface area contributed by atoms with Crippen LogP contribution in [0.1, 0.15) is 32.8 Å². The van der Waals surface area contributed by atoms with Gasteiger partial charge in [-0.2, -0.15) is 0 Å². The molecule has 0 radical (unpaired) electrons. The fourth-order valence-electron chi connectivity index (χ4n) is 2.29. The summed E-state index contributed by atoms with van der Waals surface area (Å²) in [5, 5.41) is 9.71. The van der Waals surface area contributed by atoms with Gasteiger partial charge in [0.25, 0.3) is 5.91 Å². The van der Waals surface area contributed by atoms with E-state index < -0.39 is 35.7 Å². The van der Waals surface area contributed by atoms with E-state index in [0.717, 1.165) is 5.56 Å². The van der Waals surface area contributed by atoms with Crippen molar-refractivity contribution in [2.45, 2.75) is 51.5 Å². The van der Waals surface area contributed by atoms with Gasteiger partial charge in [-0.1, -0.05) is 30.3 Å². The zero-order valence-corrected chi connectivity index (χ0v) is 13.9. The van der Waals surface area contributed by atoms with Gasteiger partial charge in [-0.3, -0.25) is 4.79 Å². The smallest absolute Gasteiger partial charge is 0.417 e. The topological polar surface area (TPSA) is 93.1 Å². The van der Waals surface area contributed by atoms with Crippen molar-refractivity contribution >= 4 is 18.0 Å². The number of imide groups is 1. The van der Waals surface area contributed by atoms with Crippen molar-refractivity contribution in [2.75, 3.05) is 0 Å². The summed E-state index contributed by atoms with van der Waals surface area (Å²) in [7, 11) is 0. The van der Waals surface area contributed by atoms with Crippen LogP contribution in [0.15, 0.2) is 30.3 Å². The van der Waals surface area contributed by atoms with Crippen LogP contribution in [0.25, 0.3) is 0 Å². The van der Waals surface area contributed by atoms with Crippen LogP contribution in [-0.2, 0) is 25.7 Å². The van der Waals surface area contributed by atoms with Gasteiger partial charge in [-0.05, 0) is 26.3 Å². The van der Waals surface area contributed by atoms with E-state index in [-0.39, 0.29) is 13.0 Å². The van der Waals surface area contributed by atoms with Gasteiger partial charge >= 0.3 is 12.1 Å². The Balaban J connectivity index is 2.07. The summed E-state index contributed by atoms with van der Waals surface area (Å²) in [6, 6.07) is 7.83. The quantitative estimate of drug-likeness (QED) is 0.844. The van der Waals surface area contributed by atoms with Gasteiger partial charge in [-0.25, -0.2) is 14.5 Å². The lowest BCUT2D eigenvalue weighted by Crippen LogP contribution is -2.46. The molecule has 2 amide bonds. The molecule has 7 heteroatoms. The Morgan fingerprint density at radius 2 is 1.88 bits per heavy atom. The van der Waals surface area contributed by atoms with Crippen LogP contribution in [0, 0.1) is 0 Å². The molecule has 1 saturated heterocycles. The molecular formula is C17H21NO6. The predicted molar refractivity (Wildman–Crippen MR) is 83.7 cm³/mol. The number of amides is 2. The van der Waals surface area contributed by atoms with Crippen molar-refractivity contribution in [3.05, 3.63) is 35.9 Å². The Morgan fingerprint density at radius 3 is 2.46 bits per heavy atom. The average molecular weight is 335 g/mol. The zero-order valence-electron chi connectivity index (χ0n) is 13.9. The number of likely N-dealkylation sites (tertiary alicyclic amines) is 1. The number of carbonyl (C=O) groups is 3. The second-order valence-corrected chi connectivity index (χ2v) is 6.55. The number of aliphatic hydroxyl groups is 1. The van der Waals surface area contributed by atoms with Crippen LogP contribution >= 0.6 is 0 Å². The number of rotatable bonds is 3. The van der Waals surface area contributed by atoms with Gasteiger partial charge in [-0.15, -0.1) is 0 Å². The molecule has 0 unspecified atom stereocenters. The molecule has 1 fully saturated rings. The molecule has 0 spiro atoms. The minimum Gasteiger partial charge on any atom is -0.459 e. The molecule has 0 aromatic heterocycles. The third-order valence-electron chi connectivity index (χ3n) is 3.37. The third-order valence-corrected chi connectivity index (χ3v) is 3.37. The molecule has 24 heavy (non-hydrogen) atoms. The molecule has 2 rings (SSSR count). The first kappa shape index (κ1) is 17.9. The fourth-order valence-corrected chi connectivity index (χ4v) is 2.29. The van der Waals surface area contributed by atoms with E-state index in [0.29, 0.717) is 4.90 Å². The number of nitrogens with zero attached hydrogens (tertiary/aromatic N) is 1. The largest absolute Gasteiger partial charge is 0.459 e. The molecule has 1 N–H and O–H groups in total. The molecule has 0 saturated carbocycles. The van der Waals surface area contributed by atoms with Crippen LogP contribution in [0.2, 0.25) is 0 Å². The molecule has 130 valence electrons. The third kappa shape index (κ3) is 4.32. The van der Waals surface area contributed by atoms with E-state index in [1.807, 2.05) is 6.07 Å². The highest BCUT2D eigenvalue weighted by atomic mass is 16.6. The first-order valence-corrected chi connectivity index (χ1v) is 7.64. The maximum Gasteiger partial charge on any atom is 0.417 e. The monoisotopic (exact) mass is 335 g/mol. The summed E-state index contributed by atoms with van der Waals surface area (Å²) in [5.41, 5.74) is -0.0526. The van der Waals surface area contributed by atoms with Gasteiger partial charge in [0.05, 0.1) is 0 Å². The van der Waals surface area contributed by atoms with Gasteiger partial charge in [0.15, 0.2) is 0 Å². The number of hydrogen-bond donors (Lipinski definition) is 1. The number of carbonyl (C=O) groups excluding carboxylic acids is 3. The molecule has 1 heterocycles. The summed E-state index contributed by atoms with van der Waals surface area (Å²) in [6.07, 6.45) is -2.59. The summed E-state index contributed by atoms with van der Waals surface area (Å²) < 4.78 is 10.3. The number of benzene rings is 1. The maximum absolute atomic E-state index is 12.3. The highest BCUT2D eigenvalue weighted by Gasteiger charge is 2.48. The number of aliphatic hydroxyl groups excluding tert-OH is 1. The van der Waals surface area contributed by atoms with E-state index in [4.69, 9.17) is 9.47 Å². The molecule has 1 aliphatic heterocycles. The highest BCUT2D eigenvalue weighted by Crippen LogP contribution is 2.24. The van der Waals surface area contributed by atoms with Crippen molar-refractivity contribution in [2.24, 2.45) is 0 Å². The molecule has 0 bridgehead atoms. The zero-order chi connectivity index (χ0) is 17.9. The maximum atomic E-state index is 12.3. The normalized spacial score (nSPS) is 20.8. The second kappa shape index (κ2) is 7.00. The predicted octanol–water partition coefficient (Wildman–Crippen LogP) is 1.63. The van der Waals surface area contributed by atoms with Crippen molar-refractivity contribution in [1.29, 1.82) is 0 Å². The summed E-state index contributed by atoms with van der Waals surface area (Å²) in [6.45, 7) is 4.95. The lowest BCUT2D eigenvalue weighted by molar-refractivity contribution is -0.152. The fraction of sp³-hybridized carbons (Fsp3) is 0.471. The number of ether oxygens (including phenoxy) is 2. The number of esters is 1. The van der Waals surface area contributed by atoms with E-state index in [1.54, 1.807) is 45.0 Å². The molecule has 7 nitrogen and oxygen atoms in total. The van der Waals surface area contributed by atoms with Gasteiger partial charge in [0, 0.05) is 6.42 Å². The van der Waals surface area contributed by atoms with Crippen LogP contribution in [0.5, 0.6) is 0 Å². The Labute approximate surface area is 140 Å². The lowest BCUT2D eigenvalue weighted by atomic mass is 10.2. The van der Waals surface area contributed by atoms with Crippen LogP contribution in [0.3, 0.4) is 0 Å². The molecule has 1 aliphatic rings. The van der Waals surface area contributed by atoms with Gasteiger partial charge in [0.2, 0.25) is 0 Å². The Morgan fingerprint density at radius 1 is 1.25 bits per heavy atom. The Kier molecular flexibility index (Phi) is 5.23.